The fraction of sp³-hybridized carbons (Fsp3) is 0.333. The summed E-state index contributed by atoms with van der Waals surface area (Å²) in [5, 5.41) is 3.57. The van der Waals surface area contributed by atoms with Crippen LogP contribution in [0.2, 0.25) is 10.3 Å². The van der Waals surface area contributed by atoms with Gasteiger partial charge in [0.15, 0.2) is 0 Å². The highest BCUT2D eigenvalue weighted by molar-refractivity contribution is 6.33. The highest BCUT2D eigenvalue weighted by Crippen LogP contribution is 2.36. The summed E-state index contributed by atoms with van der Waals surface area (Å²) >= 11 is 12.0. The van der Waals surface area contributed by atoms with Gasteiger partial charge in [0, 0.05) is 23.6 Å². The van der Waals surface area contributed by atoms with Crippen LogP contribution in [0.25, 0.3) is 0 Å². The zero-order valence-corrected chi connectivity index (χ0v) is 20.3. The van der Waals surface area contributed by atoms with E-state index in [1.807, 2.05) is 6.07 Å². The average Bonchev–Trinajstić information content (AvgIpc) is 2.83. The molecule has 0 saturated carbocycles. The molecular weight excluding hydrogens is 453 g/mol. The normalized spacial score (nSPS) is 16.8. The van der Waals surface area contributed by atoms with E-state index in [0.29, 0.717) is 18.2 Å². The van der Waals surface area contributed by atoms with Crippen LogP contribution in [0, 0.1) is 0 Å². The van der Waals surface area contributed by atoms with Gasteiger partial charge in [-0.15, -0.1) is 0 Å². The molecule has 0 radical (unpaired) electrons. The van der Waals surface area contributed by atoms with Crippen LogP contribution in [0.1, 0.15) is 41.3 Å². The summed E-state index contributed by atoms with van der Waals surface area (Å²) in [7, 11) is 0. The average molecular weight is 482 g/mol. The molecule has 1 aromatic heterocycles. The number of likely N-dealkylation sites (tertiary alicyclic amines) is 1. The van der Waals surface area contributed by atoms with Gasteiger partial charge in [0.05, 0.1) is 0 Å². The second-order valence-electron chi connectivity index (χ2n) is 8.91. The maximum absolute atomic E-state index is 12.9. The number of amides is 1. The largest absolute Gasteiger partial charge is 0.351 e. The number of benzene rings is 2. The molecule has 2 aromatic carbocycles. The summed E-state index contributed by atoms with van der Waals surface area (Å²) in [5.74, 6) is -0.184. The Bertz CT molecular complexity index is 1050. The van der Waals surface area contributed by atoms with Gasteiger partial charge in [0.2, 0.25) is 0 Å². The second-order valence-corrected chi connectivity index (χ2v) is 9.68. The predicted octanol–water partition coefficient (Wildman–Crippen LogP) is 5.78. The fourth-order valence-corrected chi connectivity index (χ4v) is 5.24. The summed E-state index contributed by atoms with van der Waals surface area (Å²) in [4.78, 5) is 19.4. The van der Waals surface area contributed by atoms with E-state index in [2.05, 4.69) is 76.7 Å². The first-order valence-corrected chi connectivity index (χ1v) is 12.2. The van der Waals surface area contributed by atoms with Crippen molar-refractivity contribution in [2.75, 3.05) is 19.6 Å². The fourth-order valence-electron chi connectivity index (χ4n) is 4.78. The minimum absolute atomic E-state index is 0.111. The molecule has 1 N–H and O–H groups in total. The summed E-state index contributed by atoms with van der Waals surface area (Å²) < 4.78 is 0. The number of rotatable bonds is 7. The van der Waals surface area contributed by atoms with Crippen molar-refractivity contribution in [3.8, 4) is 0 Å². The van der Waals surface area contributed by atoms with Crippen LogP contribution in [0.5, 0.6) is 0 Å². The van der Waals surface area contributed by atoms with E-state index >= 15 is 0 Å². The number of carbonyl (C=O) groups excluding carboxylic acids is 1. The SMILES string of the molecule is CC(Cc1ccccc1)N1CCC(CNC(=O)c2cc(Cl)nc(Cl)c2)(c2ccccc2)CC1. The molecule has 3 aromatic rings. The summed E-state index contributed by atoms with van der Waals surface area (Å²) in [6, 6.07) is 24.8. The summed E-state index contributed by atoms with van der Waals surface area (Å²) in [6.07, 6.45) is 3.00. The molecule has 0 bridgehead atoms. The van der Waals surface area contributed by atoms with Gasteiger partial charge in [-0.2, -0.15) is 0 Å². The minimum atomic E-state index is -0.184. The Morgan fingerprint density at radius 1 is 1.00 bits per heavy atom. The number of piperidine rings is 1. The van der Waals surface area contributed by atoms with E-state index in [9.17, 15) is 4.79 Å². The molecule has 4 rings (SSSR count). The van der Waals surface area contributed by atoms with Crippen LogP contribution >= 0.6 is 23.2 Å². The molecule has 1 fully saturated rings. The predicted molar refractivity (Wildman–Crippen MR) is 135 cm³/mol. The first-order valence-electron chi connectivity index (χ1n) is 11.4. The number of pyridine rings is 1. The Morgan fingerprint density at radius 2 is 1.58 bits per heavy atom. The smallest absolute Gasteiger partial charge is 0.251 e. The second kappa shape index (κ2) is 10.7. The van der Waals surface area contributed by atoms with Crippen LogP contribution in [-0.2, 0) is 11.8 Å². The first kappa shape index (κ1) is 23.7. The van der Waals surface area contributed by atoms with Crippen molar-refractivity contribution in [3.05, 3.63) is 99.8 Å². The van der Waals surface area contributed by atoms with Crippen LogP contribution < -0.4 is 5.32 Å². The number of hydrogen-bond donors (Lipinski definition) is 1. The van der Waals surface area contributed by atoms with Gasteiger partial charge in [0.1, 0.15) is 10.3 Å². The van der Waals surface area contributed by atoms with Gasteiger partial charge >= 0.3 is 0 Å². The maximum Gasteiger partial charge on any atom is 0.251 e. The Hall–Kier alpha value is -2.40. The maximum atomic E-state index is 12.9. The molecule has 1 aliphatic rings. The molecular formula is C27H29Cl2N3O. The Labute approximate surface area is 205 Å². The first-order chi connectivity index (χ1) is 15.9. The van der Waals surface area contributed by atoms with Crippen molar-refractivity contribution in [2.45, 2.75) is 37.6 Å². The highest BCUT2D eigenvalue weighted by Gasteiger charge is 2.37. The van der Waals surface area contributed by atoms with E-state index < -0.39 is 0 Å². The number of hydrogen-bond acceptors (Lipinski definition) is 3. The van der Waals surface area contributed by atoms with Crippen molar-refractivity contribution >= 4 is 29.1 Å². The molecule has 0 aliphatic carbocycles. The standard InChI is InChI=1S/C27H29Cl2N3O/c1-20(16-21-8-4-2-5-9-21)32-14-12-27(13-15-32,23-10-6-3-7-11-23)19-30-26(33)22-17-24(28)31-25(29)18-22/h2-11,17-18,20H,12-16,19H2,1H3,(H,30,33). The zero-order chi connectivity index (χ0) is 23.3. The zero-order valence-electron chi connectivity index (χ0n) is 18.8. The quantitative estimate of drug-likeness (QED) is 0.434. The van der Waals surface area contributed by atoms with Gasteiger partial charge < -0.3 is 10.2 Å². The topological polar surface area (TPSA) is 45.2 Å². The number of carbonyl (C=O) groups is 1. The van der Waals surface area contributed by atoms with Gasteiger partial charge in [-0.3, -0.25) is 4.79 Å². The monoisotopic (exact) mass is 481 g/mol. The Balaban J connectivity index is 1.45. The van der Waals surface area contributed by atoms with Gasteiger partial charge in [-0.25, -0.2) is 4.98 Å². The van der Waals surface area contributed by atoms with Crippen LogP contribution in [-0.4, -0.2) is 41.5 Å². The lowest BCUT2D eigenvalue weighted by atomic mass is 9.72. The number of nitrogens with one attached hydrogen (secondary N) is 1. The third kappa shape index (κ3) is 5.94. The molecule has 1 aliphatic heterocycles. The number of halogens is 2. The third-order valence-electron chi connectivity index (χ3n) is 6.75. The third-order valence-corrected chi connectivity index (χ3v) is 7.14. The Morgan fingerprint density at radius 3 is 2.18 bits per heavy atom. The molecule has 6 heteroatoms. The van der Waals surface area contributed by atoms with Crippen molar-refractivity contribution in [1.82, 2.24) is 15.2 Å². The molecule has 1 unspecified atom stereocenters. The highest BCUT2D eigenvalue weighted by atomic mass is 35.5. The lowest BCUT2D eigenvalue weighted by molar-refractivity contribution is 0.0899. The molecule has 1 amide bonds. The molecule has 1 atom stereocenters. The van der Waals surface area contributed by atoms with E-state index in [4.69, 9.17) is 23.2 Å². The van der Waals surface area contributed by atoms with Gasteiger partial charge in [0.25, 0.3) is 5.91 Å². The van der Waals surface area contributed by atoms with E-state index in [-0.39, 0.29) is 21.6 Å². The summed E-state index contributed by atoms with van der Waals surface area (Å²) in [6.45, 7) is 4.85. The van der Waals surface area contributed by atoms with Crippen molar-refractivity contribution in [3.63, 3.8) is 0 Å². The lowest BCUT2D eigenvalue weighted by Crippen LogP contribution is -2.51. The van der Waals surface area contributed by atoms with E-state index in [1.54, 1.807) is 12.1 Å². The molecule has 1 saturated heterocycles. The Kier molecular flexibility index (Phi) is 7.69. The van der Waals surface area contributed by atoms with Crippen molar-refractivity contribution in [2.24, 2.45) is 0 Å². The molecule has 172 valence electrons. The van der Waals surface area contributed by atoms with Crippen molar-refractivity contribution in [1.29, 1.82) is 0 Å². The molecule has 0 spiro atoms. The van der Waals surface area contributed by atoms with Gasteiger partial charge in [-0.05, 0) is 62.5 Å². The molecule has 33 heavy (non-hydrogen) atoms. The van der Waals surface area contributed by atoms with Crippen LogP contribution in [0.4, 0.5) is 0 Å². The van der Waals surface area contributed by atoms with E-state index in [0.717, 1.165) is 32.4 Å². The summed E-state index contributed by atoms with van der Waals surface area (Å²) in [5.41, 5.74) is 2.95. The number of nitrogens with zero attached hydrogens (tertiary/aromatic N) is 2. The van der Waals surface area contributed by atoms with Crippen LogP contribution in [0.15, 0.2) is 72.8 Å². The lowest BCUT2D eigenvalue weighted by Gasteiger charge is -2.44. The molecule has 4 nitrogen and oxygen atoms in total. The minimum Gasteiger partial charge on any atom is -0.351 e. The molecule has 2 heterocycles. The number of aromatic nitrogens is 1. The van der Waals surface area contributed by atoms with Crippen LogP contribution in [0.3, 0.4) is 0 Å². The van der Waals surface area contributed by atoms with E-state index in [1.165, 1.54) is 11.1 Å². The van der Waals surface area contributed by atoms with Gasteiger partial charge in [-0.1, -0.05) is 83.9 Å². The van der Waals surface area contributed by atoms with Crippen molar-refractivity contribution < 1.29 is 4.79 Å².